The molecule has 3 atom stereocenters. The second-order valence-electron chi connectivity index (χ2n) is 6.14. The highest BCUT2D eigenvalue weighted by Crippen LogP contribution is 2.31. The predicted octanol–water partition coefficient (Wildman–Crippen LogP) is 3.69. The van der Waals surface area contributed by atoms with Crippen molar-refractivity contribution in [2.45, 2.75) is 59.9 Å². The average Bonchev–Trinajstić information content (AvgIpc) is 2.15. The molecule has 1 heteroatoms. The van der Waals surface area contributed by atoms with Gasteiger partial charge in [0.1, 0.15) is 0 Å². The number of piperidine rings is 1. The Labute approximate surface area is 96.0 Å². The Morgan fingerprint density at radius 1 is 1.20 bits per heavy atom. The zero-order chi connectivity index (χ0) is 11.4. The molecular formula is C14H29N. The van der Waals surface area contributed by atoms with E-state index in [1.807, 2.05) is 0 Å². The smallest absolute Gasteiger partial charge is 0.0123 e. The van der Waals surface area contributed by atoms with E-state index >= 15 is 0 Å². The quantitative estimate of drug-likeness (QED) is 0.748. The minimum absolute atomic E-state index is 0.765. The van der Waals surface area contributed by atoms with Gasteiger partial charge in [0, 0.05) is 6.04 Å². The van der Waals surface area contributed by atoms with Crippen LogP contribution in [0.2, 0.25) is 0 Å². The molecule has 3 unspecified atom stereocenters. The van der Waals surface area contributed by atoms with Crippen LogP contribution in [0, 0.1) is 23.7 Å². The summed E-state index contributed by atoms with van der Waals surface area (Å²) in [4.78, 5) is 0. The SMILES string of the molecule is CC(C)CC(C(C)C)C1NCCCC1C. The number of hydrogen-bond donors (Lipinski definition) is 1. The van der Waals surface area contributed by atoms with Gasteiger partial charge in [-0.3, -0.25) is 0 Å². The minimum atomic E-state index is 0.765. The van der Waals surface area contributed by atoms with Crippen LogP contribution in [0.25, 0.3) is 0 Å². The standard InChI is InChI=1S/C14H29N/c1-10(2)9-13(11(3)4)14-12(5)7-6-8-15-14/h10-15H,6-9H2,1-5H3. The zero-order valence-corrected chi connectivity index (χ0v) is 11.2. The largest absolute Gasteiger partial charge is 0.313 e. The molecule has 1 nitrogen and oxygen atoms in total. The van der Waals surface area contributed by atoms with Crippen LogP contribution < -0.4 is 5.32 Å². The summed E-state index contributed by atoms with van der Waals surface area (Å²) in [6.45, 7) is 13.1. The molecule has 0 amide bonds. The highest BCUT2D eigenvalue weighted by atomic mass is 14.9. The summed E-state index contributed by atoms with van der Waals surface area (Å²) in [5, 5.41) is 3.76. The predicted molar refractivity (Wildman–Crippen MR) is 68.0 cm³/mol. The zero-order valence-electron chi connectivity index (χ0n) is 11.2. The monoisotopic (exact) mass is 211 g/mol. The summed E-state index contributed by atoms with van der Waals surface area (Å²) in [7, 11) is 0. The van der Waals surface area contributed by atoms with Crippen LogP contribution in [0.15, 0.2) is 0 Å². The lowest BCUT2D eigenvalue weighted by molar-refractivity contribution is 0.159. The number of rotatable bonds is 4. The van der Waals surface area contributed by atoms with E-state index in [1.54, 1.807) is 0 Å². The third kappa shape index (κ3) is 3.79. The second kappa shape index (κ2) is 5.89. The van der Waals surface area contributed by atoms with Crippen molar-refractivity contribution in [2.24, 2.45) is 23.7 Å². The maximum absolute atomic E-state index is 3.76. The van der Waals surface area contributed by atoms with E-state index in [4.69, 9.17) is 0 Å². The first-order chi connectivity index (χ1) is 7.02. The van der Waals surface area contributed by atoms with Gasteiger partial charge in [-0.25, -0.2) is 0 Å². The maximum Gasteiger partial charge on any atom is 0.0123 e. The Kier molecular flexibility index (Phi) is 5.11. The van der Waals surface area contributed by atoms with Crippen molar-refractivity contribution in [3.8, 4) is 0 Å². The van der Waals surface area contributed by atoms with E-state index in [0.29, 0.717) is 0 Å². The van der Waals surface area contributed by atoms with Crippen molar-refractivity contribution < 1.29 is 0 Å². The molecule has 1 aliphatic rings. The molecule has 0 spiro atoms. The Balaban J connectivity index is 2.60. The molecule has 0 aliphatic carbocycles. The van der Waals surface area contributed by atoms with E-state index in [0.717, 1.165) is 29.7 Å². The molecule has 1 saturated heterocycles. The molecular weight excluding hydrogens is 182 g/mol. The van der Waals surface area contributed by atoms with Crippen molar-refractivity contribution >= 4 is 0 Å². The maximum atomic E-state index is 3.76. The third-order valence-corrected chi connectivity index (χ3v) is 3.89. The molecule has 0 aromatic heterocycles. The summed E-state index contributed by atoms with van der Waals surface area (Å²) in [6, 6.07) is 0.765. The lowest BCUT2D eigenvalue weighted by atomic mass is 9.75. The Bertz CT molecular complexity index is 174. The third-order valence-electron chi connectivity index (χ3n) is 3.89. The highest BCUT2D eigenvalue weighted by molar-refractivity contribution is 4.86. The van der Waals surface area contributed by atoms with Gasteiger partial charge in [-0.2, -0.15) is 0 Å². The summed E-state index contributed by atoms with van der Waals surface area (Å²) < 4.78 is 0. The fraction of sp³-hybridized carbons (Fsp3) is 1.00. The van der Waals surface area contributed by atoms with Gasteiger partial charge in [0.25, 0.3) is 0 Å². The van der Waals surface area contributed by atoms with E-state index in [1.165, 1.54) is 25.8 Å². The normalized spacial score (nSPS) is 29.8. The first-order valence-corrected chi connectivity index (χ1v) is 6.75. The lowest BCUT2D eigenvalue weighted by Gasteiger charge is -2.39. The van der Waals surface area contributed by atoms with Crippen molar-refractivity contribution in [2.75, 3.05) is 6.54 Å². The van der Waals surface area contributed by atoms with E-state index in [-0.39, 0.29) is 0 Å². The topological polar surface area (TPSA) is 12.0 Å². The molecule has 1 aliphatic heterocycles. The summed E-state index contributed by atoms with van der Waals surface area (Å²) >= 11 is 0. The minimum Gasteiger partial charge on any atom is -0.313 e. The molecule has 0 aromatic rings. The number of hydrogen-bond acceptors (Lipinski definition) is 1. The summed E-state index contributed by atoms with van der Waals surface area (Å²) in [5.41, 5.74) is 0. The van der Waals surface area contributed by atoms with Crippen molar-refractivity contribution in [1.29, 1.82) is 0 Å². The average molecular weight is 211 g/mol. The van der Waals surface area contributed by atoms with Crippen LogP contribution in [-0.2, 0) is 0 Å². The Morgan fingerprint density at radius 3 is 2.33 bits per heavy atom. The second-order valence-corrected chi connectivity index (χ2v) is 6.14. The van der Waals surface area contributed by atoms with Crippen LogP contribution in [-0.4, -0.2) is 12.6 Å². The molecule has 15 heavy (non-hydrogen) atoms. The fourth-order valence-corrected chi connectivity index (χ4v) is 3.02. The van der Waals surface area contributed by atoms with Gasteiger partial charge in [-0.05, 0) is 49.5 Å². The molecule has 0 aromatic carbocycles. The molecule has 90 valence electrons. The molecule has 1 rings (SSSR count). The Hall–Kier alpha value is -0.0400. The lowest BCUT2D eigenvalue weighted by Crippen LogP contribution is -2.47. The van der Waals surface area contributed by atoms with Crippen LogP contribution in [0.4, 0.5) is 0 Å². The van der Waals surface area contributed by atoms with E-state index in [9.17, 15) is 0 Å². The highest BCUT2D eigenvalue weighted by Gasteiger charge is 2.30. The first kappa shape index (κ1) is 13.0. The van der Waals surface area contributed by atoms with Crippen LogP contribution >= 0.6 is 0 Å². The molecule has 1 N–H and O–H groups in total. The van der Waals surface area contributed by atoms with Gasteiger partial charge in [-0.15, -0.1) is 0 Å². The van der Waals surface area contributed by atoms with Gasteiger partial charge in [0.05, 0.1) is 0 Å². The molecule has 0 saturated carbocycles. The van der Waals surface area contributed by atoms with Gasteiger partial charge in [0.15, 0.2) is 0 Å². The van der Waals surface area contributed by atoms with Crippen molar-refractivity contribution in [3.05, 3.63) is 0 Å². The van der Waals surface area contributed by atoms with Crippen molar-refractivity contribution in [3.63, 3.8) is 0 Å². The van der Waals surface area contributed by atoms with Crippen LogP contribution in [0.5, 0.6) is 0 Å². The molecule has 1 heterocycles. The van der Waals surface area contributed by atoms with Gasteiger partial charge in [0.2, 0.25) is 0 Å². The van der Waals surface area contributed by atoms with Gasteiger partial charge >= 0.3 is 0 Å². The molecule has 1 fully saturated rings. The number of nitrogens with one attached hydrogen (secondary N) is 1. The van der Waals surface area contributed by atoms with Crippen LogP contribution in [0.1, 0.15) is 53.9 Å². The first-order valence-electron chi connectivity index (χ1n) is 6.75. The summed E-state index contributed by atoms with van der Waals surface area (Å²) in [5.74, 6) is 3.36. The summed E-state index contributed by atoms with van der Waals surface area (Å²) in [6.07, 6.45) is 4.16. The molecule has 0 bridgehead atoms. The fourth-order valence-electron chi connectivity index (χ4n) is 3.02. The van der Waals surface area contributed by atoms with Crippen molar-refractivity contribution in [1.82, 2.24) is 5.32 Å². The van der Waals surface area contributed by atoms with Gasteiger partial charge < -0.3 is 5.32 Å². The van der Waals surface area contributed by atoms with E-state index < -0.39 is 0 Å². The Morgan fingerprint density at radius 2 is 1.87 bits per heavy atom. The van der Waals surface area contributed by atoms with Crippen LogP contribution in [0.3, 0.4) is 0 Å². The van der Waals surface area contributed by atoms with E-state index in [2.05, 4.69) is 39.9 Å². The van der Waals surface area contributed by atoms with Gasteiger partial charge in [-0.1, -0.05) is 34.6 Å². The molecule has 0 radical (unpaired) electrons.